The van der Waals surface area contributed by atoms with E-state index in [0.717, 1.165) is 31.6 Å². The van der Waals surface area contributed by atoms with Gasteiger partial charge in [-0.1, -0.05) is 30.3 Å². The van der Waals surface area contributed by atoms with E-state index >= 15 is 0 Å². The predicted octanol–water partition coefficient (Wildman–Crippen LogP) is 3.67. The Morgan fingerprint density at radius 2 is 1.96 bits per heavy atom. The lowest BCUT2D eigenvalue weighted by atomic mass is 9.94. The van der Waals surface area contributed by atoms with Gasteiger partial charge in [0, 0.05) is 6.54 Å². The van der Waals surface area contributed by atoms with Gasteiger partial charge in [0.15, 0.2) is 0 Å². The maximum Gasteiger partial charge on any atom is 0.252 e. The number of hydrogen-bond acceptors (Lipinski definition) is 3. The van der Waals surface area contributed by atoms with Crippen molar-refractivity contribution >= 4 is 17.6 Å². The van der Waals surface area contributed by atoms with E-state index in [-0.39, 0.29) is 5.91 Å². The summed E-state index contributed by atoms with van der Waals surface area (Å²) in [6, 6.07) is 13.4. The van der Waals surface area contributed by atoms with Gasteiger partial charge in [-0.25, -0.2) is 0 Å². The molecule has 1 fully saturated rings. The molecule has 0 aliphatic carbocycles. The molecular weight excluding hydrogens is 312 g/mol. The van der Waals surface area contributed by atoms with Crippen molar-refractivity contribution in [1.82, 2.24) is 10.2 Å². The molecule has 132 valence electrons. The molecule has 1 aromatic carbocycles. The lowest BCUT2D eigenvalue weighted by Gasteiger charge is -2.28. The summed E-state index contributed by atoms with van der Waals surface area (Å²) in [6.45, 7) is 3.04. The molecule has 1 N–H and O–H groups in total. The number of piperidine rings is 1. The molecule has 0 radical (unpaired) electrons. The van der Waals surface area contributed by atoms with Crippen LogP contribution in [0.25, 0.3) is 11.6 Å². The van der Waals surface area contributed by atoms with Crippen molar-refractivity contribution in [3.8, 4) is 0 Å². The molecule has 2 heterocycles. The van der Waals surface area contributed by atoms with Crippen molar-refractivity contribution in [2.75, 3.05) is 26.7 Å². The van der Waals surface area contributed by atoms with Gasteiger partial charge in [-0.15, -0.1) is 0 Å². The van der Waals surface area contributed by atoms with Crippen LogP contribution in [-0.4, -0.2) is 37.5 Å². The fourth-order valence-electron chi connectivity index (χ4n) is 3.25. The maximum absolute atomic E-state index is 12.7. The van der Waals surface area contributed by atoms with E-state index in [9.17, 15) is 4.79 Å². The molecule has 4 nitrogen and oxygen atoms in total. The van der Waals surface area contributed by atoms with Crippen molar-refractivity contribution in [1.29, 1.82) is 0 Å². The minimum absolute atomic E-state index is 0.0458. The first-order chi connectivity index (χ1) is 12.2. The molecule has 0 saturated carbocycles. The van der Waals surface area contributed by atoms with Crippen LogP contribution in [0.3, 0.4) is 0 Å². The van der Waals surface area contributed by atoms with Crippen LogP contribution in [0.15, 0.2) is 53.1 Å². The summed E-state index contributed by atoms with van der Waals surface area (Å²) in [5.41, 5.74) is 1.54. The molecule has 0 spiro atoms. The van der Waals surface area contributed by atoms with Crippen molar-refractivity contribution in [3.05, 3.63) is 60.1 Å². The molecule has 4 heteroatoms. The number of hydrogen-bond donors (Lipinski definition) is 1. The summed E-state index contributed by atoms with van der Waals surface area (Å²) in [5, 5.41) is 3.09. The summed E-state index contributed by atoms with van der Waals surface area (Å²) in [4.78, 5) is 15.1. The summed E-state index contributed by atoms with van der Waals surface area (Å²) < 4.78 is 5.38. The minimum atomic E-state index is -0.0458. The molecule has 0 bridgehead atoms. The third-order valence-electron chi connectivity index (χ3n) is 4.84. The SMILES string of the molecule is CN1CCC(CCNC(=O)/C(=C/c2ccco2)c2ccccc2)CC1. The van der Waals surface area contributed by atoms with E-state index in [4.69, 9.17) is 4.42 Å². The second-order valence-corrected chi connectivity index (χ2v) is 6.73. The number of carbonyl (C=O) groups excluding carboxylic acids is 1. The molecular formula is C21H26N2O2. The van der Waals surface area contributed by atoms with Gasteiger partial charge in [-0.2, -0.15) is 0 Å². The van der Waals surface area contributed by atoms with Crippen LogP contribution in [0.4, 0.5) is 0 Å². The highest BCUT2D eigenvalue weighted by molar-refractivity contribution is 6.24. The topological polar surface area (TPSA) is 45.5 Å². The average Bonchev–Trinajstić information content (AvgIpc) is 3.15. The van der Waals surface area contributed by atoms with E-state index in [1.807, 2.05) is 42.5 Å². The number of nitrogens with one attached hydrogen (secondary N) is 1. The van der Waals surface area contributed by atoms with E-state index in [1.165, 1.54) is 12.8 Å². The van der Waals surface area contributed by atoms with Gasteiger partial charge < -0.3 is 14.6 Å². The Labute approximate surface area is 149 Å². The third kappa shape index (κ3) is 5.07. The predicted molar refractivity (Wildman–Crippen MR) is 101 cm³/mol. The fraction of sp³-hybridized carbons (Fsp3) is 0.381. The monoisotopic (exact) mass is 338 g/mol. The Hall–Kier alpha value is -2.33. The van der Waals surface area contributed by atoms with Gasteiger partial charge in [0.05, 0.1) is 11.8 Å². The van der Waals surface area contributed by atoms with Crippen LogP contribution < -0.4 is 5.32 Å². The van der Waals surface area contributed by atoms with Crippen molar-refractivity contribution < 1.29 is 9.21 Å². The van der Waals surface area contributed by atoms with Crippen LogP contribution in [0.1, 0.15) is 30.6 Å². The zero-order chi connectivity index (χ0) is 17.5. The van der Waals surface area contributed by atoms with Gasteiger partial charge in [-0.05, 0) is 69.1 Å². The first-order valence-electron chi connectivity index (χ1n) is 9.00. The van der Waals surface area contributed by atoms with Gasteiger partial charge in [0.2, 0.25) is 0 Å². The third-order valence-corrected chi connectivity index (χ3v) is 4.84. The van der Waals surface area contributed by atoms with Crippen LogP contribution in [-0.2, 0) is 4.79 Å². The molecule has 0 unspecified atom stereocenters. The number of rotatable bonds is 6. The number of benzene rings is 1. The molecule has 3 rings (SSSR count). The van der Waals surface area contributed by atoms with Gasteiger partial charge in [0.1, 0.15) is 5.76 Å². The van der Waals surface area contributed by atoms with Crippen LogP contribution in [0, 0.1) is 5.92 Å². The number of likely N-dealkylation sites (tertiary alicyclic amines) is 1. The largest absolute Gasteiger partial charge is 0.465 e. The van der Waals surface area contributed by atoms with Crippen LogP contribution in [0.2, 0.25) is 0 Å². The second kappa shape index (κ2) is 8.67. The molecule has 0 atom stereocenters. The Balaban J connectivity index is 1.62. The maximum atomic E-state index is 12.7. The zero-order valence-corrected chi connectivity index (χ0v) is 14.8. The number of furan rings is 1. The lowest BCUT2D eigenvalue weighted by Crippen LogP contribution is -2.32. The van der Waals surface area contributed by atoms with Crippen molar-refractivity contribution in [3.63, 3.8) is 0 Å². The van der Waals surface area contributed by atoms with Crippen molar-refractivity contribution in [2.24, 2.45) is 5.92 Å². The quantitative estimate of drug-likeness (QED) is 0.818. The fourth-order valence-corrected chi connectivity index (χ4v) is 3.25. The summed E-state index contributed by atoms with van der Waals surface area (Å²) in [7, 11) is 2.17. The number of amides is 1. The summed E-state index contributed by atoms with van der Waals surface area (Å²) >= 11 is 0. The van der Waals surface area contributed by atoms with E-state index in [2.05, 4.69) is 17.3 Å². The van der Waals surface area contributed by atoms with E-state index in [1.54, 1.807) is 12.3 Å². The molecule has 2 aromatic rings. The lowest BCUT2D eigenvalue weighted by molar-refractivity contribution is -0.115. The Morgan fingerprint density at radius 3 is 2.64 bits per heavy atom. The smallest absolute Gasteiger partial charge is 0.252 e. The average molecular weight is 338 g/mol. The molecule has 25 heavy (non-hydrogen) atoms. The first kappa shape index (κ1) is 17.5. The standard InChI is InChI=1S/C21H26N2O2/c1-23-13-10-17(11-14-23)9-12-22-21(24)20(16-19-8-5-15-25-19)18-6-3-2-4-7-18/h2-8,15-17H,9-14H2,1H3,(H,22,24)/b20-16+. The van der Waals surface area contributed by atoms with E-state index in [0.29, 0.717) is 17.3 Å². The molecule has 1 aliphatic heterocycles. The van der Waals surface area contributed by atoms with Crippen LogP contribution in [0.5, 0.6) is 0 Å². The molecule has 1 amide bonds. The number of carbonyl (C=O) groups is 1. The first-order valence-corrected chi connectivity index (χ1v) is 9.00. The number of nitrogens with zero attached hydrogens (tertiary/aromatic N) is 1. The Morgan fingerprint density at radius 1 is 1.20 bits per heavy atom. The second-order valence-electron chi connectivity index (χ2n) is 6.73. The Bertz CT molecular complexity index is 684. The zero-order valence-electron chi connectivity index (χ0n) is 14.8. The highest BCUT2D eigenvalue weighted by Gasteiger charge is 2.17. The van der Waals surface area contributed by atoms with Gasteiger partial charge >= 0.3 is 0 Å². The van der Waals surface area contributed by atoms with Crippen molar-refractivity contribution in [2.45, 2.75) is 19.3 Å². The highest BCUT2D eigenvalue weighted by atomic mass is 16.3. The highest BCUT2D eigenvalue weighted by Crippen LogP contribution is 2.21. The van der Waals surface area contributed by atoms with Crippen LogP contribution >= 0.6 is 0 Å². The summed E-state index contributed by atoms with van der Waals surface area (Å²) in [6.07, 6.45) is 6.91. The molecule has 1 aliphatic rings. The normalized spacial score (nSPS) is 16.8. The Kier molecular flexibility index (Phi) is 6.07. The molecule has 1 aromatic heterocycles. The summed E-state index contributed by atoms with van der Waals surface area (Å²) in [5.74, 6) is 1.35. The van der Waals surface area contributed by atoms with Gasteiger partial charge in [0.25, 0.3) is 5.91 Å². The minimum Gasteiger partial charge on any atom is -0.465 e. The molecule has 1 saturated heterocycles. The van der Waals surface area contributed by atoms with Gasteiger partial charge in [-0.3, -0.25) is 4.79 Å². The van der Waals surface area contributed by atoms with E-state index < -0.39 is 0 Å².